The lowest BCUT2D eigenvalue weighted by atomic mass is 9.74. The Morgan fingerprint density at radius 2 is 2.00 bits per heavy atom. The molecule has 5 rings (SSSR count). The highest BCUT2D eigenvalue weighted by Crippen LogP contribution is 2.37. The van der Waals surface area contributed by atoms with Gasteiger partial charge in [0.1, 0.15) is 0 Å². The topological polar surface area (TPSA) is 102 Å². The molecule has 3 heterocycles. The molecule has 2 saturated carbocycles. The zero-order valence-corrected chi connectivity index (χ0v) is 21.2. The Morgan fingerprint density at radius 1 is 1.09 bits per heavy atom. The summed E-state index contributed by atoms with van der Waals surface area (Å²) in [4.78, 5) is 15.7. The van der Waals surface area contributed by atoms with Gasteiger partial charge in [0.25, 0.3) is 0 Å². The summed E-state index contributed by atoms with van der Waals surface area (Å²) in [6.07, 6.45) is 10.8. The van der Waals surface area contributed by atoms with Gasteiger partial charge in [0.05, 0.1) is 18.4 Å². The van der Waals surface area contributed by atoms with E-state index in [9.17, 15) is 4.79 Å². The van der Waals surface area contributed by atoms with Gasteiger partial charge in [-0.25, -0.2) is 10.9 Å². The van der Waals surface area contributed by atoms with Crippen LogP contribution in [0.5, 0.6) is 0 Å². The molecule has 8 unspecified atom stereocenters. The van der Waals surface area contributed by atoms with Gasteiger partial charge in [-0.2, -0.15) is 0 Å². The van der Waals surface area contributed by atoms with Crippen LogP contribution in [0.2, 0.25) is 0 Å². The van der Waals surface area contributed by atoms with E-state index >= 15 is 0 Å². The molecule has 9 nitrogen and oxygen atoms in total. The number of amides is 1. The minimum Gasteiger partial charge on any atom is -0.378 e. The molecule has 0 bridgehead atoms. The molecule has 1 amide bonds. The van der Waals surface area contributed by atoms with E-state index in [1.807, 2.05) is 0 Å². The first-order chi connectivity index (χ1) is 16.6. The number of carbonyl (C=O) groups is 1. The lowest BCUT2D eigenvalue weighted by Gasteiger charge is -2.44. The van der Waals surface area contributed by atoms with Gasteiger partial charge in [0, 0.05) is 49.8 Å². The fourth-order valence-corrected chi connectivity index (χ4v) is 7.04. The summed E-state index contributed by atoms with van der Waals surface area (Å²) in [6, 6.07) is 1.15. The average Bonchev–Trinajstić information content (AvgIpc) is 3.24. The van der Waals surface area contributed by atoms with Crippen molar-refractivity contribution in [2.45, 2.75) is 101 Å². The summed E-state index contributed by atoms with van der Waals surface area (Å²) in [5.74, 6) is 1.66. The van der Waals surface area contributed by atoms with Crippen molar-refractivity contribution >= 4 is 5.91 Å². The highest BCUT2D eigenvalue weighted by Gasteiger charge is 2.40. The molecule has 194 valence electrons. The van der Waals surface area contributed by atoms with Gasteiger partial charge >= 0.3 is 0 Å². The zero-order chi connectivity index (χ0) is 23.5. The van der Waals surface area contributed by atoms with Crippen molar-refractivity contribution in [3.63, 3.8) is 0 Å². The molecular weight excluding hydrogens is 430 g/mol. The minimum atomic E-state index is 0.132. The van der Waals surface area contributed by atoms with E-state index in [-0.39, 0.29) is 18.0 Å². The fraction of sp³-hybridized carbons (Fsp3) is 0.960. The number of nitrogens with zero attached hydrogens (tertiary/aromatic N) is 1. The lowest BCUT2D eigenvalue weighted by molar-refractivity contribution is -0.130. The molecule has 5 fully saturated rings. The second-order valence-electron chi connectivity index (χ2n) is 11.6. The van der Waals surface area contributed by atoms with Crippen LogP contribution in [0, 0.1) is 17.8 Å². The number of ether oxygens (including phenoxy) is 1. The Morgan fingerprint density at radius 3 is 2.85 bits per heavy atom. The molecule has 3 aliphatic heterocycles. The van der Waals surface area contributed by atoms with Crippen molar-refractivity contribution in [2.24, 2.45) is 17.8 Å². The quantitative estimate of drug-likeness (QED) is 0.328. The highest BCUT2D eigenvalue weighted by atomic mass is 16.5. The highest BCUT2D eigenvalue weighted by molar-refractivity contribution is 5.79. The van der Waals surface area contributed by atoms with Crippen molar-refractivity contribution in [1.82, 2.24) is 37.0 Å². The van der Waals surface area contributed by atoms with E-state index in [2.05, 4.69) is 51.0 Å². The maximum Gasteiger partial charge on any atom is 0.223 e. The number of hydrogen-bond donors (Lipinski definition) is 6. The van der Waals surface area contributed by atoms with E-state index < -0.39 is 0 Å². The SMILES string of the molecule is CC1CCC2OCC[C@H](NC(=O)C3CCCC(NCC4NNC(C5CCNCN5)N4C)C3)C2C1. The predicted molar refractivity (Wildman–Crippen MR) is 133 cm³/mol. The third kappa shape index (κ3) is 5.77. The summed E-state index contributed by atoms with van der Waals surface area (Å²) in [5.41, 5.74) is 6.96. The zero-order valence-electron chi connectivity index (χ0n) is 21.2. The van der Waals surface area contributed by atoms with Crippen LogP contribution in [0.15, 0.2) is 0 Å². The van der Waals surface area contributed by atoms with Gasteiger partial charge in [-0.1, -0.05) is 13.3 Å². The number of fused-ring (bicyclic) bond motifs is 1. The molecule has 0 radical (unpaired) electrons. The smallest absolute Gasteiger partial charge is 0.223 e. The standard InChI is InChI=1S/C25H47N7O2/c1-16-6-7-22-19(12-16)20(9-11-34-22)29-25(33)17-4-3-5-18(13-17)27-14-23-30-31-24(32(23)2)21-8-10-26-15-28-21/h16-24,26-28,30-31H,3-15H2,1-2H3,(H,29,33)/t16?,17?,18?,19?,20-,21?,22?,23?,24?/m0/s1. The van der Waals surface area contributed by atoms with Crippen LogP contribution in [0.1, 0.15) is 64.7 Å². The van der Waals surface area contributed by atoms with Gasteiger partial charge < -0.3 is 20.7 Å². The first-order valence-corrected chi connectivity index (χ1v) is 13.9. The Balaban J connectivity index is 1.08. The predicted octanol–water partition coefficient (Wildman–Crippen LogP) is 0.446. The lowest BCUT2D eigenvalue weighted by Crippen LogP contribution is -2.58. The molecule has 3 saturated heterocycles. The van der Waals surface area contributed by atoms with Crippen LogP contribution >= 0.6 is 0 Å². The maximum absolute atomic E-state index is 13.3. The van der Waals surface area contributed by atoms with Gasteiger partial charge in [0.2, 0.25) is 5.91 Å². The molecule has 2 aliphatic carbocycles. The van der Waals surface area contributed by atoms with Gasteiger partial charge in [0.15, 0.2) is 0 Å². The van der Waals surface area contributed by atoms with E-state index in [1.54, 1.807) is 0 Å². The molecule has 5 aliphatic rings. The third-order valence-electron chi connectivity index (χ3n) is 9.18. The summed E-state index contributed by atoms with van der Waals surface area (Å²) >= 11 is 0. The van der Waals surface area contributed by atoms with Crippen LogP contribution in [0.3, 0.4) is 0 Å². The van der Waals surface area contributed by atoms with E-state index in [1.165, 1.54) is 12.8 Å². The van der Waals surface area contributed by atoms with Gasteiger partial charge in [-0.15, -0.1) is 0 Å². The van der Waals surface area contributed by atoms with Gasteiger partial charge in [-0.3, -0.25) is 15.0 Å². The summed E-state index contributed by atoms with van der Waals surface area (Å²) in [5, 5.41) is 14.2. The molecule has 9 heteroatoms. The number of hydrazine groups is 1. The van der Waals surface area contributed by atoms with Crippen molar-refractivity contribution in [3.8, 4) is 0 Å². The monoisotopic (exact) mass is 477 g/mol. The van der Waals surface area contributed by atoms with Crippen LogP contribution in [-0.4, -0.2) is 80.8 Å². The molecule has 34 heavy (non-hydrogen) atoms. The average molecular weight is 478 g/mol. The molecule has 0 aromatic carbocycles. The largest absolute Gasteiger partial charge is 0.378 e. The summed E-state index contributed by atoms with van der Waals surface area (Å²) in [6.45, 7) is 5.95. The number of rotatable bonds is 6. The Hall–Kier alpha value is -0.810. The molecule has 6 N–H and O–H groups in total. The summed E-state index contributed by atoms with van der Waals surface area (Å²) in [7, 11) is 2.19. The second-order valence-corrected chi connectivity index (χ2v) is 11.6. The van der Waals surface area contributed by atoms with E-state index in [0.29, 0.717) is 36.3 Å². The van der Waals surface area contributed by atoms with Crippen LogP contribution in [0.25, 0.3) is 0 Å². The number of hydrogen-bond acceptors (Lipinski definition) is 8. The number of carbonyl (C=O) groups excluding carboxylic acids is 1. The van der Waals surface area contributed by atoms with Crippen molar-refractivity contribution in [2.75, 3.05) is 33.4 Å². The molecule has 0 aromatic rings. The number of nitrogens with one attached hydrogen (secondary N) is 6. The van der Waals surface area contributed by atoms with Gasteiger partial charge in [-0.05, 0) is 70.9 Å². The Bertz CT molecular complexity index is 676. The maximum atomic E-state index is 13.3. The first-order valence-electron chi connectivity index (χ1n) is 13.9. The minimum absolute atomic E-state index is 0.132. The van der Waals surface area contributed by atoms with Crippen LogP contribution in [-0.2, 0) is 9.53 Å². The van der Waals surface area contributed by atoms with Crippen LogP contribution < -0.4 is 32.1 Å². The molecular formula is C25H47N7O2. The summed E-state index contributed by atoms with van der Waals surface area (Å²) < 4.78 is 6.06. The molecule has 0 spiro atoms. The Kier molecular flexibility index (Phi) is 8.41. The molecule has 9 atom stereocenters. The van der Waals surface area contributed by atoms with E-state index in [0.717, 1.165) is 77.2 Å². The number of likely N-dealkylation sites (N-methyl/N-ethyl adjacent to an activating group) is 1. The molecule has 0 aromatic heterocycles. The normalized spacial score (nSPS) is 43.9. The first kappa shape index (κ1) is 24.9. The third-order valence-corrected chi connectivity index (χ3v) is 9.18. The van der Waals surface area contributed by atoms with Crippen molar-refractivity contribution < 1.29 is 9.53 Å². The van der Waals surface area contributed by atoms with Crippen molar-refractivity contribution in [3.05, 3.63) is 0 Å². The van der Waals surface area contributed by atoms with Crippen molar-refractivity contribution in [1.29, 1.82) is 0 Å². The fourth-order valence-electron chi connectivity index (χ4n) is 7.04. The second kappa shape index (κ2) is 11.5. The van der Waals surface area contributed by atoms with E-state index in [4.69, 9.17) is 4.74 Å². The Labute approximate surface area is 205 Å². The van der Waals surface area contributed by atoms with Crippen LogP contribution in [0.4, 0.5) is 0 Å².